The van der Waals surface area contributed by atoms with Crippen molar-refractivity contribution in [3.05, 3.63) is 4.88 Å². The SMILES string of the molecule is CC(C)(C)C1C(Nc2nc(N)c(C#N)s2)CCCN1C(=O)O. The summed E-state index contributed by atoms with van der Waals surface area (Å²) in [6, 6.07) is 1.78. The van der Waals surface area contributed by atoms with Crippen molar-refractivity contribution in [2.24, 2.45) is 5.41 Å². The van der Waals surface area contributed by atoms with E-state index >= 15 is 0 Å². The summed E-state index contributed by atoms with van der Waals surface area (Å²) in [7, 11) is 0. The molecule has 7 nitrogen and oxygen atoms in total. The summed E-state index contributed by atoms with van der Waals surface area (Å²) >= 11 is 1.20. The van der Waals surface area contributed by atoms with Crippen LogP contribution in [0.5, 0.6) is 0 Å². The molecule has 8 heteroatoms. The summed E-state index contributed by atoms with van der Waals surface area (Å²) in [5, 5.41) is 22.3. The topological polar surface area (TPSA) is 115 Å². The third-order valence-electron chi connectivity index (χ3n) is 3.83. The van der Waals surface area contributed by atoms with Crippen LogP contribution in [-0.2, 0) is 0 Å². The van der Waals surface area contributed by atoms with Gasteiger partial charge in [0.2, 0.25) is 0 Å². The van der Waals surface area contributed by atoms with E-state index < -0.39 is 6.09 Å². The van der Waals surface area contributed by atoms with Gasteiger partial charge >= 0.3 is 6.09 Å². The molecule has 0 saturated carbocycles. The van der Waals surface area contributed by atoms with E-state index in [2.05, 4.69) is 10.3 Å². The maximum absolute atomic E-state index is 11.5. The number of carboxylic acid groups (broad SMARTS) is 1. The predicted octanol–water partition coefficient (Wildman–Crippen LogP) is 2.57. The number of nitrogens with zero attached hydrogens (tertiary/aromatic N) is 3. The second-order valence-corrected chi connectivity index (χ2v) is 7.52. The molecule has 0 aliphatic carbocycles. The molecular weight excluding hydrogens is 302 g/mol. The van der Waals surface area contributed by atoms with Crippen molar-refractivity contribution in [3.8, 4) is 6.07 Å². The Balaban J connectivity index is 2.26. The highest BCUT2D eigenvalue weighted by Gasteiger charge is 2.42. The van der Waals surface area contributed by atoms with Crippen LogP contribution in [-0.4, -0.2) is 39.7 Å². The molecule has 2 rings (SSSR count). The first-order valence-electron chi connectivity index (χ1n) is 7.16. The molecule has 0 bridgehead atoms. The third-order valence-corrected chi connectivity index (χ3v) is 4.73. The largest absolute Gasteiger partial charge is 0.465 e. The van der Waals surface area contributed by atoms with Gasteiger partial charge in [0.15, 0.2) is 10.9 Å². The third kappa shape index (κ3) is 3.25. The fourth-order valence-electron chi connectivity index (χ4n) is 3.06. The van der Waals surface area contributed by atoms with E-state index in [4.69, 9.17) is 11.0 Å². The smallest absolute Gasteiger partial charge is 0.407 e. The van der Waals surface area contributed by atoms with Gasteiger partial charge in [-0.1, -0.05) is 32.1 Å². The van der Waals surface area contributed by atoms with Crippen LogP contribution in [0.2, 0.25) is 0 Å². The van der Waals surface area contributed by atoms with Crippen molar-refractivity contribution < 1.29 is 9.90 Å². The number of amides is 1. The zero-order valence-electron chi connectivity index (χ0n) is 13.0. The van der Waals surface area contributed by atoms with Crippen LogP contribution in [0, 0.1) is 16.7 Å². The van der Waals surface area contributed by atoms with Gasteiger partial charge in [0, 0.05) is 12.6 Å². The number of nitrogens with two attached hydrogens (primary N) is 1. The van der Waals surface area contributed by atoms with E-state index in [1.165, 1.54) is 16.2 Å². The Morgan fingerprint density at radius 1 is 1.59 bits per heavy atom. The fourth-order valence-corrected chi connectivity index (χ4v) is 3.81. The maximum atomic E-state index is 11.5. The second kappa shape index (κ2) is 6.01. The molecule has 2 atom stereocenters. The van der Waals surface area contributed by atoms with Crippen LogP contribution in [0.15, 0.2) is 0 Å². The summed E-state index contributed by atoms with van der Waals surface area (Å²) < 4.78 is 0. The Morgan fingerprint density at radius 3 is 2.77 bits per heavy atom. The van der Waals surface area contributed by atoms with E-state index in [0.29, 0.717) is 16.6 Å². The molecule has 1 amide bonds. The summed E-state index contributed by atoms with van der Waals surface area (Å²) in [6.07, 6.45) is 0.748. The lowest BCUT2D eigenvalue weighted by Gasteiger charge is -2.46. The van der Waals surface area contributed by atoms with Gasteiger partial charge in [-0.05, 0) is 18.3 Å². The Bertz CT molecular complexity index is 601. The average Bonchev–Trinajstić information content (AvgIpc) is 2.77. The van der Waals surface area contributed by atoms with Crippen molar-refractivity contribution in [1.82, 2.24) is 9.88 Å². The first kappa shape index (κ1) is 16.4. The number of hydrogen-bond acceptors (Lipinski definition) is 6. The second-order valence-electron chi connectivity index (χ2n) is 6.53. The van der Waals surface area contributed by atoms with Gasteiger partial charge in [0.1, 0.15) is 10.9 Å². The minimum Gasteiger partial charge on any atom is -0.465 e. The van der Waals surface area contributed by atoms with Crippen LogP contribution in [0.3, 0.4) is 0 Å². The number of rotatable bonds is 2. The fraction of sp³-hybridized carbons (Fsp3) is 0.643. The van der Waals surface area contributed by atoms with Gasteiger partial charge in [0.05, 0.1) is 6.04 Å². The van der Waals surface area contributed by atoms with E-state index in [0.717, 1.165) is 12.8 Å². The number of likely N-dealkylation sites (tertiary alicyclic amines) is 1. The maximum Gasteiger partial charge on any atom is 0.407 e. The number of hydrogen-bond donors (Lipinski definition) is 3. The van der Waals surface area contributed by atoms with Crippen LogP contribution in [0.1, 0.15) is 38.5 Å². The van der Waals surface area contributed by atoms with E-state index in [1.54, 1.807) is 0 Å². The normalized spacial score (nSPS) is 22.2. The lowest BCUT2D eigenvalue weighted by Crippen LogP contribution is -2.58. The number of nitrogens with one attached hydrogen (secondary N) is 1. The molecule has 2 heterocycles. The van der Waals surface area contributed by atoms with Crippen molar-refractivity contribution in [3.63, 3.8) is 0 Å². The molecule has 22 heavy (non-hydrogen) atoms. The lowest BCUT2D eigenvalue weighted by molar-refractivity contribution is 0.0519. The van der Waals surface area contributed by atoms with Gasteiger partial charge in [-0.15, -0.1) is 0 Å². The Labute approximate surface area is 133 Å². The molecule has 2 unspecified atom stereocenters. The molecule has 1 saturated heterocycles. The molecule has 1 aliphatic heterocycles. The monoisotopic (exact) mass is 323 g/mol. The minimum atomic E-state index is -0.900. The zero-order chi connectivity index (χ0) is 16.5. The number of nitriles is 1. The quantitative estimate of drug-likeness (QED) is 0.770. The van der Waals surface area contributed by atoms with Gasteiger partial charge < -0.3 is 21.1 Å². The molecule has 0 spiro atoms. The number of aromatic nitrogens is 1. The summed E-state index contributed by atoms with van der Waals surface area (Å²) in [4.78, 5) is 17.6. The molecule has 0 radical (unpaired) electrons. The van der Waals surface area contributed by atoms with Crippen molar-refractivity contribution in [1.29, 1.82) is 5.26 Å². The lowest BCUT2D eigenvalue weighted by atomic mass is 9.78. The molecular formula is C14H21N5O2S. The Kier molecular flexibility index (Phi) is 4.47. The average molecular weight is 323 g/mol. The van der Waals surface area contributed by atoms with Gasteiger partial charge in [0.25, 0.3) is 0 Å². The molecule has 1 aromatic heterocycles. The van der Waals surface area contributed by atoms with Crippen molar-refractivity contribution in [2.45, 2.75) is 45.7 Å². The molecule has 0 aromatic carbocycles. The van der Waals surface area contributed by atoms with E-state index in [-0.39, 0.29) is 23.3 Å². The van der Waals surface area contributed by atoms with Gasteiger partial charge in [-0.3, -0.25) is 0 Å². The predicted molar refractivity (Wildman–Crippen MR) is 85.9 cm³/mol. The highest BCUT2D eigenvalue weighted by Crippen LogP contribution is 2.35. The molecule has 1 aromatic rings. The molecule has 4 N–H and O–H groups in total. The number of nitrogen functional groups attached to an aromatic ring is 1. The highest BCUT2D eigenvalue weighted by molar-refractivity contribution is 7.16. The summed E-state index contributed by atoms with van der Waals surface area (Å²) in [5.74, 6) is 0.216. The molecule has 120 valence electrons. The number of carbonyl (C=O) groups is 1. The molecule has 1 fully saturated rings. The molecule has 1 aliphatic rings. The standard InChI is InChI=1S/C14H21N5O2S/c1-14(2,3)10-8(5-4-6-19(10)13(20)21)17-12-18-11(16)9(7-15)22-12/h8,10H,4-6,16H2,1-3H3,(H,17,18)(H,20,21). The van der Waals surface area contributed by atoms with Gasteiger partial charge in [-0.25, -0.2) is 9.78 Å². The van der Waals surface area contributed by atoms with Crippen LogP contribution >= 0.6 is 11.3 Å². The first-order valence-corrected chi connectivity index (χ1v) is 7.98. The number of anilines is 2. The summed E-state index contributed by atoms with van der Waals surface area (Å²) in [6.45, 7) is 6.64. The van der Waals surface area contributed by atoms with Crippen molar-refractivity contribution >= 4 is 28.4 Å². The Morgan fingerprint density at radius 2 is 2.27 bits per heavy atom. The summed E-state index contributed by atoms with van der Waals surface area (Å²) in [5.41, 5.74) is 5.47. The first-order chi connectivity index (χ1) is 10.2. The zero-order valence-corrected chi connectivity index (χ0v) is 13.8. The van der Waals surface area contributed by atoms with Crippen molar-refractivity contribution in [2.75, 3.05) is 17.6 Å². The van der Waals surface area contributed by atoms with E-state index in [1.807, 2.05) is 26.8 Å². The van der Waals surface area contributed by atoms with E-state index in [9.17, 15) is 9.90 Å². The highest BCUT2D eigenvalue weighted by atomic mass is 32.1. The Hall–Kier alpha value is -2.01. The van der Waals surface area contributed by atoms with Crippen LogP contribution in [0.4, 0.5) is 15.7 Å². The number of thiazole rings is 1. The van der Waals surface area contributed by atoms with Crippen LogP contribution < -0.4 is 11.1 Å². The number of piperidine rings is 1. The van der Waals surface area contributed by atoms with Gasteiger partial charge in [-0.2, -0.15) is 5.26 Å². The minimum absolute atomic E-state index is 0.0538. The van der Waals surface area contributed by atoms with Crippen LogP contribution in [0.25, 0.3) is 0 Å².